The van der Waals surface area contributed by atoms with E-state index >= 15 is 0 Å². The lowest BCUT2D eigenvalue weighted by Crippen LogP contribution is -2.50. The first kappa shape index (κ1) is 43.0. The molecule has 13 heteroatoms. The number of terminal acetylenes is 1. The van der Waals surface area contributed by atoms with Crippen LogP contribution in [0.3, 0.4) is 0 Å². The number of hydrogen-bond donors (Lipinski definition) is 4. The number of nitrogens with one attached hydrogen (secondary N) is 2. The number of ether oxygens (including phenoxy) is 3. The summed E-state index contributed by atoms with van der Waals surface area (Å²) < 4.78 is 14.1. The van der Waals surface area contributed by atoms with Crippen molar-refractivity contribution >= 4 is 41.5 Å². The summed E-state index contributed by atoms with van der Waals surface area (Å²) in [6.45, 7) is 1.57. The van der Waals surface area contributed by atoms with Crippen LogP contribution in [0.2, 0.25) is 0 Å². The summed E-state index contributed by atoms with van der Waals surface area (Å²) in [6.07, 6.45) is 18.8. The van der Waals surface area contributed by atoms with E-state index in [9.17, 15) is 29.1 Å². The SMILES string of the molecule is C#CCCCC#CC\C=C/C=C/C=C/[C@@H](SC[C@H](NC(=O)CC[C@H](N)C(=O)OC)C(=O)NCC(=O)OC)[C@@H](O)CCCC(=O)OCC. The number of rotatable bonds is 23. The fourth-order valence-electron chi connectivity index (χ4n) is 3.66. The van der Waals surface area contributed by atoms with Crippen LogP contribution in [0.1, 0.15) is 64.7 Å². The zero-order chi connectivity index (χ0) is 35.3. The number of esters is 3. The monoisotopic (exact) mass is 675 g/mol. The molecular formula is C34H49N3O9S. The van der Waals surface area contributed by atoms with Gasteiger partial charge in [0, 0.05) is 43.1 Å². The van der Waals surface area contributed by atoms with E-state index in [2.05, 4.69) is 37.9 Å². The van der Waals surface area contributed by atoms with Crippen LogP contribution in [0, 0.1) is 24.2 Å². The van der Waals surface area contributed by atoms with E-state index < -0.39 is 53.7 Å². The summed E-state index contributed by atoms with van der Waals surface area (Å²) in [5.74, 6) is 5.83. The van der Waals surface area contributed by atoms with Crippen molar-refractivity contribution in [2.45, 2.75) is 88.1 Å². The van der Waals surface area contributed by atoms with E-state index in [1.165, 1.54) is 26.0 Å². The van der Waals surface area contributed by atoms with Crippen molar-refractivity contribution in [3.63, 3.8) is 0 Å². The van der Waals surface area contributed by atoms with E-state index in [-0.39, 0.29) is 44.0 Å². The second-order valence-corrected chi connectivity index (χ2v) is 11.2. The lowest BCUT2D eigenvalue weighted by Gasteiger charge is -2.23. The molecule has 2 amide bonds. The van der Waals surface area contributed by atoms with Crippen molar-refractivity contribution < 1.29 is 43.3 Å². The number of carbonyl (C=O) groups excluding carboxylic acids is 5. The first-order chi connectivity index (χ1) is 22.6. The van der Waals surface area contributed by atoms with Crippen LogP contribution >= 0.6 is 11.8 Å². The highest BCUT2D eigenvalue weighted by Gasteiger charge is 2.26. The molecule has 0 aliphatic heterocycles. The van der Waals surface area contributed by atoms with Gasteiger partial charge in [-0.2, -0.15) is 0 Å². The predicted molar refractivity (Wildman–Crippen MR) is 181 cm³/mol. The molecule has 0 radical (unpaired) electrons. The highest BCUT2D eigenvalue weighted by Crippen LogP contribution is 2.22. The minimum absolute atomic E-state index is 0.00739. The van der Waals surface area contributed by atoms with Crippen LogP contribution in [0.25, 0.3) is 0 Å². The minimum atomic E-state index is -1.10. The average Bonchev–Trinajstić information content (AvgIpc) is 3.06. The summed E-state index contributed by atoms with van der Waals surface area (Å²) in [4.78, 5) is 60.5. The lowest BCUT2D eigenvalue weighted by atomic mass is 10.1. The van der Waals surface area contributed by atoms with Crippen molar-refractivity contribution in [2.24, 2.45) is 5.73 Å². The second-order valence-electron chi connectivity index (χ2n) is 9.96. The Balaban J connectivity index is 5.58. The number of carbonyl (C=O) groups is 5. The third kappa shape index (κ3) is 23.0. The Labute approximate surface area is 282 Å². The number of hydrogen-bond acceptors (Lipinski definition) is 11. The molecule has 0 aromatic heterocycles. The molecule has 0 spiro atoms. The van der Waals surface area contributed by atoms with E-state index in [1.54, 1.807) is 25.2 Å². The zero-order valence-corrected chi connectivity index (χ0v) is 28.4. The van der Waals surface area contributed by atoms with E-state index in [0.29, 0.717) is 19.3 Å². The van der Waals surface area contributed by atoms with Crippen LogP contribution in [-0.2, 0) is 38.2 Å². The molecule has 0 aromatic carbocycles. The number of nitrogens with two attached hydrogens (primary N) is 1. The number of aliphatic hydroxyl groups is 1. The van der Waals surface area contributed by atoms with Gasteiger partial charge < -0.3 is 35.7 Å². The molecule has 0 unspecified atom stereocenters. The maximum atomic E-state index is 12.9. The van der Waals surface area contributed by atoms with Crippen molar-refractivity contribution in [1.29, 1.82) is 0 Å². The van der Waals surface area contributed by atoms with Crippen molar-refractivity contribution in [1.82, 2.24) is 10.6 Å². The van der Waals surface area contributed by atoms with Crippen LogP contribution in [0.5, 0.6) is 0 Å². The Morgan fingerprint density at radius 2 is 1.70 bits per heavy atom. The number of allylic oxidation sites excluding steroid dienone is 5. The summed E-state index contributed by atoms with van der Waals surface area (Å²) in [5, 5.41) is 15.5. The molecule has 47 heavy (non-hydrogen) atoms. The van der Waals surface area contributed by atoms with Gasteiger partial charge in [0.25, 0.3) is 0 Å². The van der Waals surface area contributed by atoms with Crippen LogP contribution < -0.4 is 16.4 Å². The summed E-state index contributed by atoms with van der Waals surface area (Å²) in [6, 6.07) is -2.11. The van der Waals surface area contributed by atoms with Gasteiger partial charge in [0.2, 0.25) is 11.8 Å². The van der Waals surface area contributed by atoms with Gasteiger partial charge in [0.1, 0.15) is 18.6 Å². The molecule has 0 aliphatic carbocycles. The molecule has 0 aromatic rings. The van der Waals surface area contributed by atoms with Gasteiger partial charge >= 0.3 is 17.9 Å². The van der Waals surface area contributed by atoms with Crippen LogP contribution in [0.15, 0.2) is 36.5 Å². The Morgan fingerprint density at radius 1 is 0.957 bits per heavy atom. The zero-order valence-electron chi connectivity index (χ0n) is 27.5. The molecule has 0 saturated carbocycles. The maximum Gasteiger partial charge on any atom is 0.325 e. The van der Waals surface area contributed by atoms with Crippen LogP contribution in [0.4, 0.5) is 0 Å². The predicted octanol–water partition coefficient (Wildman–Crippen LogP) is 2.10. The van der Waals surface area contributed by atoms with Gasteiger partial charge in [0.15, 0.2) is 0 Å². The number of thioether (sulfide) groups is 1. The molecule has 5 N–H and O–H groups in total. The third-order valence-corrected chi connectivity index (χ3v) is 7.61. The number of amides is 2. The lowest BCUT2D eigenvalue weighted by molar-refractivity contribution is -0.144. The first-order valence-electron chi connectivity index (χ1n) is 15.4. The average molecular weight is 676 g/mol. The molecule has 4 atom stereocenters. The molecule has 0 heterocycles. The van der Waals surface area contributed by atoms with Gasteiger partial charge in [-0.15, -0.1) is 30.0 Å². The van der Waals surface area contributed by atoms with E-state index in [1.807, 2.05) is 18.2 Å². The number of aliphatic hydroxyl groups excluding tert-OH is 1. The molecule has 0 aliphatic rings. The standard InChI is InChI=1S/C34H49N3O9S/c1-5-7-8-9-10-11-12-13-14-15-16-17-20-29(28(38)19-18-21-31(40)46-6-2)47-25-27(33(42)36-24-32(41)44-3)37-30(39)23-22-26(35)34(43)45-4/h1,13-17,20,26-29,38H,6-9,12,18-19,21-25,35H2,2-4H3,(H,36,42)(H,37,39)/b14-13-,16-15+,20-17+/t26-,27-,28-,29+/m0/s1. The van der Waals surface area contributed by atoms with Gasteiger partial charge in [-0.05, 0) is 32.6 Å². The van der Waals surface area contributed by atoms with Crippen molar-refractivity contribution in [3.05, 3.63) is 36.5 Å². The van der Waals surface area contributed by atoms with Crippen molar-refractivity contribution in [2.75, 3.05) is 33.1 Å². The highest BCUT2D eigenvalue weighted by molar-refractivity contribution is 8.00. The molecule has 260 valence electrons. The second kappa shape index (κ2) is 28.2. The van der Waals surface area contributed by atoms with Crippen molar-refractivity contribution in [3.8, 4) is 24.2 Å². The van der Waals surface area contributed by atoms with Crippen LogP contribution in [-0.4, -0.2) is 91.4 Å². The summed E-state index contributed by atoms with van der Waals surface area (Å²) in [5.41, 5.74) is 5.71. The largest absolute Gasteiger partial charge is 0.468 e. The van der Waals surface area contributed by atoms with E-state index in [0.717, 1.165) is 12.8 Å². The summed E-state index contributed by atoms with van der Waals surface area (Å²) >= 11 is 1.21. The molecule has 0 fully saturated rings. The van der Waals surface area contributed by atoms with Gasteiger partial charge in [-0.3, -0.25) is 24.0 Å². The number of methoxy groups -OCH3 is 2. The maximum absolute atomic E-state index is 12.9. The van der Waals surface area contributed by atoms with Gasteiger partial charge in [0.05, 0.1) is 26.9 Å². The quantitative estimate of drug-likeness (QED) is 0.0409. The molecule has 12 nitrogen and oxygen atoms in total. The summed E-state index contributed by atoms with van der Waals surface area (Å²) in [7, 11) is 2.36. The third-order valence-electron chi connectivity index (χ3n) is 6.23. The smallest absolute Gasteiger partial charge is 0.325 e. The topological polar surface area (TPSA) is 183 Å². The highest BCUT2D eigenvalue weighted by atomic mass is 32.2. The first-order valence-corrected chi connectivity index (χ1v) is 16.5. The Bertz CT molecular complexity index is 1170. The molecule has 0 saturated heterocycles. The van der Waals surface area contributed by atoms with Gasteiger partial charge in [-0.25, -0.2) is 0 Å². The Hall–Kier alpha value is -4.04. The molecule has 0 rings (SSSR count). The normalized spacial score (nSPS) is 13.5. The fraction of sp³-hybridized carbons (Fsp3) is 0.559. The molecular weight excluding hydrogens is 626 g/mol. The van der Waals surface area contributed by atoms with E-state index in [4.69, 9.17) is 16.9 Å². The fourth-order valence-corrected chi connectivity index (χ4v) is 4.87. The Kier molecular flexibility index (Phi) is 25.8. The number of unbranched alkanes of at least 4 members (excludes halogenated alkanes) is 2. The molecule has 0 bridgehead atoms. The van der Waals surface area contributed by atoms with Gasteiger partial charge in [-0.1, -0.05) is 42.4 Å². The Morgan fingerprint density at radius 3 is 2.38 bits per heavy atom. The minimum Gasteiger partial charge on any atom is -0.468 e.